The monoisotopic (exact) mass is 316 g/mol. The van der Waals surface area contributed by atoms with Crippen LogP contribution < -0.4 is 0 Å². The molecule has 0 bridgehead atoms. The molecule has 0 aliphatic rings. The molecule has 1 nitrogen and oxygen atoms in total. The number of phenols is 1. The summed E-state index contributed by atoms with van der Waals surface area (Å²) in [5, 5.41) is 10.3. The average Bonchev–Trinajstić information content (AvgIpc) is 2.63. The van der Waals surface area contributed by atoms with Crippen molar-refractivity contribution >= 4 is 0 Å². The summed E-state index contributed by atoms with van der Waals surface area (Å²) in [6.07, 6.45) is 0. The van der Waals surface area contributed by atoms with E-state index < -0.39 is 0 Å². The van der Waals surface area contributed by atoms with Crippen molar-refractivity contribution in [2.45, 2.75) is 32.6 Å². The van der Waals surface area contributed by atoms with E-state index in [4.69, 9.17) is 0 Å². The Labute approximate surface area is 144 Å². The zero-order valence-corrected chi connectivity index (χ0v) is 14.5. The van der Waals surface area contributed by atoms with Gasteiger partial charge in [-0.2, -0.15) is 0 Å². The van der Waals surface area contributed by atoms with Crippen LogP contribution in [0.3, 0.4) is 0 Å². The molecule has 1 N–H and O–H groups in total. The van der Waals surface area contributed by atoms with Crippen LogP contribution in [-0.2, 0) is 0 Å². The van der Waals surface area contributed by atoms with Gasteiger partial charge in [-0.3, -0.25) is 0 Å². The first kappa shape index (κ1) is 16.3. The van der Waals surface area contributed by atoms with E-state index in [1.807, 2.05) is 24.3 Å². The summed E-state index contributed by atoms with van der Waals surface area (Å²) < 4.78 is 0. The largest absolute Gasteiger partial charge is 0.508 e. The van der Waals surface area contributed by atoms with Gasteiger partial charge in [-0.1, -0.05) is 74.5 Å². The zero-order valence-electron chi connectivity index (χ0n) is 14.5. The third-order valence-corrected chi connectivity index (χ3v) is 5.00. The van der Waals surface area contributed by atoms with E-state index in [2.05, 4.69) is 69.3 Å². The van der Waals surface area contributed by atoms with Crippen LogP contribution in [0.25, 0.3) is 0 Å². The lowest BCUT2D eigenvalue weighted by Crippen LogP contribution is -2.05. The number of aromatic hydroxyl groups is 1. The molecule has 0 aromatic heterocycles. The summed E-state index contributed by atoms with van der Waals surface area (Å²) in [6.45, 7) is 6.57. The third kappa shape index (κ3) is 3.21. The molecule has 3 aromatic carbocycles. The number of benzene rings is 3. The van der Waals surface area contributed by atoms with Gasteiger partial charge in [0.2, 0.25) is 0 Å². The molecule has 3 aromatic rings. The first-order valence-electron chi connectivity index (χ1n) is 8.51. The Balaban J connectivity index is 2.05. The topological polar surface area (TPSA) is 20.2 Å². The minimum Gasteiger partial charge on any atom is -0.508 e. The van der Waals surface area contributed by atoms with Gasteiger partial charge in [-0.05, 0) is 46.9 Å². The predicted octanol–water partition coefficient (Wildman–Crippen LogP) is 6.00. The first-order chi connectivity index (χ1) is 11.6. The van der Waals surface area contributed by atoms with Crippen LogP contribution in [0, 0.1) is 6.92 Å². The van der Waals surface area contributed by atoms with Crippen molar-refractivity contribution < 1.29 is 5.11 Å². The second-order valence-corrected chi connectivity index (χ2v) is 6.51. The van der Waals surface area contributed by atoms with Crippen molar-refractivity contribution in [2.24, 2.45) is 0 Å². The molecule has 0 radical (unpaired) electrons. The van der Waals surface area contributed by atoms with Gasteiger partial charge in [0.15, 0.2) is 0 Å². The molecule has 0 amide bonds. The van der Waals surface area contributed by atoms with Crippen LogP contribution in [0.2, 0.25) is 0 Å². The summed E-state index contributed by atoms with van der Waals surface area (Å²) in [6, 6.07) is 24.8. The van der Waals surface area contributed by atoms with Crippen molar-refractivity contribution in [3.63, 3.8) is 0 Å². The van der Waals surface area contributed by atoms with Gasteiger partial charge >= 0.3 is 0 Å². The summed E-state index contributed by atoms with van der Waals surface area (Å²) in [7, 11) is 0. The fourth-order valence-electron chi connectivity index (χ4n) is 3.49. The number of hydrogen-bond acceptors (Lipinski definition) is 1. The van der Waals surface area contributed by atoms with Crippen molar-refractivity contribution in [1.82, 2.24) is 0 Å². The second kappa shape index (κ2) is 6.92. The quantitative estimate of drug-likeness (QED) is 0.625. The fraction of sp³-hybridized carbons (Fsp3) is 0.217. The lowest BCUT2D eigenvalue weighted by Gasteiger charge is -2.22. The second-order valence-electron chi connectivity index (χ2n) is 6.51. The van der Waals surface area contributed by atoms with Crippen LogP contribution in [0.15, 0.2) is 72.8 Å². The smallest absolute Gasteiger partial charge is 0.116 e. The number of hydrogen-bond donors (Lipinski definition) is 1. The molecule has 2 unspecified atom stereocenters. The van der Waals surface area contributed by atoms with E-state index in [9.17, 15) is 5.11 Å². The zero-order chi connectivity index (χ0) is 17.1. The highest BCUT2D eigenvalue weighted by molar-refractivity contribution is 5.49. The maximum Gasteiger partial charge on any atom is 0.116 e. The van der Waals surface area contributed by atoms with Crippen LogP contribution in [0.5, 0.6) is 5.75 Å². The van der Waals surface area contributed by atoms with E-state index in [-0.39, 0.29) is 11.8 Å². The molecule has 0 saturated carbocycles. The van der Waals surface area contributed by atoms with Crippen LogP contribution in [0.4, 0.5) is 0 Å². The summed E-state index contributed by atoms with van der Waals surface area (Å²) >= 11 is 0. The van der Waals surface area contributed by atoms with E-state index in [0.717, 1.165) is 0 Å². The molecule has 3 rings (SSSR count). The predicted molar refractivity (Wildman–Crippen MR) is 101 cm³/mol. The number of rotatable bonds is 4. The highest BCUT2D eigenvalue weighted by Crippen LogP contribution is 2.36. The van der Waals surface area contributed by atoms with Gasteiger partial charge in [0.25, 0.3) is 0 Å². The summed E-state index contributed by atoms with van der Waals surface area (Å²) in [4.78, 5) is 0. The molecule has 0 heterocycles. The minimum atomic E-state index is 0.250. The maximum atomic E-state index is 10.3. The van der Waals surface area contributed by atoms with Gasteiger partial charge < -0.3 is 5.11 Å². The van der Waals surface area contributed by atoms with E-state index >= 15 is 0 Å². The van der Waals surface area contributed by atoms with Crippen molar-refractivity contribution in [1.29, 1.82) is 0 Å². The van der Waals surface area contributed by atoms with Crippen molar-refractivity contribution in [3.05, 3.63) is 101 Å². The molecule has 0 aliphatic heterocycles. The van der Waals surface area contributed by atoms with Crippen LogP contribution in [0.1, 0.15) is 53.5 Å². The molecular weight excluding hydrogens is 292 g/mol. The SMILES string of the molecule is Cc1c(C(C)c2ccccc2)cc(O)cc1C(C)c1ccccc1. The van der Waals surface area contributed by atoms with Gasteiger partial charge in [0.05, 0.1) is 0 Å². The Morgan fingerprint density at radius 1 is 0.667 bits per heavy atom. The van der Waals surface area contributed by atoms with Gasteiger partial charge in [-0.15, -0.1) is 0 Å². The highest BCUT2D eigenvalue weighted by atomic mass is 16.3. The van der Waals surface area contributed by atoms with Gasteiger partial charge in [0, 0.05) is 11.8 Å². The first-order valence-corrected chi connectivity index (χ1v) is 8.51. The van der Waals surface area contributed by atoms with Crippen molar-refractivity contribution in [2.75, 3.05) is 0 Å². The maximum absolute atomic E-state index is 10.3. The third-order valence-electron chi connectivity index (χ3n) is 5.00. The molecule has 0 aliphatic carbocycles. The lowest BCUT2D eigenvalue weighted by molar-refractivity contribution is 0.473. The van der Waals surface area contributed by atoms with E-state index in [1.54, 1.807) is 0 Å². The normalized spacial score (nSPS) is 13.5. The Bertz CT molecular complexity index is 739. The molecule has 122 valence electrons. The molecule has 0 spiro atoms. The Morgan fingerprint density at radius 2 is 1.04 bits per heavy atom. The molecule has 24 heavy (non-hydrogen) atoms. The van der Waals surface area contributed by atoms with Crippen LogP contribution in [-0.4, -0.2) is 5.11 Å². The average molecular weight is 316 g/mol. The molecule has 2 atom stereocenters. The Hall–Kier alpha value is -2.54. The fourth-order valence-corrected chi connectivity index (χ4v) is 3.49. The van der Waals surface area contributed by atoms with E-state index in [1.165, 1.54) is 27.8 Å². The lowest BCUT2D eigenvalue weighted by atomic mass is 9.83. The Kier molecular flexibility index (Phi) is 4.71. The minimum absolute atomic E-state index is 0.250. The highest BCUT2D eigenvalue weighted by Gasteiger charge is 2.18. The molecule has 0 saturated heterocycles. The molecule has 1 heteroatoms. The van der Waals surface area contributed by atoms with Crippen LogP contribution >= 0.6 is 0 Å². The summed E-state index contributed by atoms with van der Waals surface area (Å²) in [5.41, 5.74) is 6.19. The van der Waals surface area contributed by atoms with Gasteiger partial charge in [-0.25, -0.2) is 0 Å². The Morgan fingerprint density at radius 3 is 1.42 bits per heavy atom. The standard InChI is InChI=1S/C23H24O/c1-16(19-10-6-4-7-11-19)22-14-21(24)15-23(18(22)3)17(2)20-12-8-5-9-13-20/h4-17,24H,1-3H3. The van der Waals surface area contributed by atoms with Gasteiger partial charge in [0.1, 0.15) is 5.75 Å². The molecular formula is C23H24O. The number of phenolic OH excluding ortho intramolecular Hbond substituents is 1. The van der Waals surface area contributed by atoms with E-state index in [0.29, 0.717) is 5.75 Å². The molecule has 0 fully saturated rings. The summed E-state index contributed by atoms with van der Waals surface area (Å²) in [5.74, 6) is 0.844. The van der Waals surface area contributed by atoms with Crippen molar-refractivity contribution in [3.8, 4) is 5.75 Å².